The molecule has 40 heavy (non-hydrogen) atoms. The summed E-state index contributed by atoms with van der Waals surface area (Å²) >= 11 is 0. The number of hydrogen-bond donors (Lipinski definition) is 0. The molecule has 0 saturated carbocycles. The zero-order chi connectivity index (χ0) is 26.6. The second-order valence-corrected chi connectivity index (χ2v) is 10.0. The molecule has 0 fully saturated rings. The van der Waals surface area contributed by atoms with Crippen LogP contribution in [0.4, 0.5) is 0 Å². The van der Waals surface area contributed by atoms with Gasteiger partial charge in [-0.15, -0.1) is 0 Å². The Hall–Kier alpha value is -5.59. The highest BCUT2D eigenvalue weighted by molar-refractivity contribution is 6.10. The molecule has 0 radical (unpaired) electrons. The Kier molecular flexibility index (Phi) is 4.89. The first-order valence-corrected chi connectivity index (χ1v) is 13.2. The molecule has 0 aliphatic heterocycles. The van der Waals surface area contributed by atoms with Crippen LogP contribution >= 0.6 is 0 Å². The molecule has 0 spiro atoms. The third kappa shape index (κ3) is 3.44. The lowest BCUT2D eigenvalue weighted by molar-refractivity contribution is 0.669. The van der Waals surface area contributed by atoms with Gasteiger partial charge in [0.1, 0.15) is 22.3 Å². The van der Waals surface area contributed by atoms with Gasteiger partial charge in [-0.1, -0.05) is 84.9 Å². The van der Waals surface area contributed by atoms with Crippen molar-refractivity contribution in [1.82, 2.24) is 0 Å². The smallest absolute Gasteiger partial charge is 0.143 e. The van der Waals surface area contributed by atoms with Gasteiger partial charge in [0.15, 0.2) is 0 Å². The van der Waals surface area contributed by atoms with Gasteiger partial charge in [0, 0.05) is 27.1 Å². The number of furan rings is 2. The summed E-state index contributed by atoms with van der Waals surface area (Å²) in [7, 11) is 0. The van der Waals surface area contributed by atoms with E-state index in [1.807, 2.05) is 54.6 Å². The van der Waals surface area contributed by atoms with Gasteiger partial charge < -0.3 is 8.83 Å². The summed E-state index contributed by atoms with van der Waals surface area (Å²) in [4.78, 5) is 0. The van der Waals surface area contributed by atoms with Crippen LogP contribution in [0.2, 0.25) is 0 Å². The quantitative estimate of drug-likeness (QED) is 0.237. The molecule has 3 heteroatoms. The fourth-order valence-corrected chi connectivity index (χ4v) is 5.83. The summed E-state index contributed by atoms with van der Waals surface area (Å²) in [5, 5.41) is 14.0. The molecule has 0 unspecified atom stereocenters. The summed E-state index contributed by atoms with van der Waals surface area (Å²) < 4.78 is 12.6. The number of nitriles is 1. The van der Waals surface area contributed by atoms with Gasteiger partial charge in [-0.3, -0.25) is 0 Å². The summed E-state index contributed by atoms with van der Waals surface area (Å²) in [5.74, 6) is 0. The number of hydrogen-bond acceptors (Lipinski definition) is 3. The Labute approximate surface area is 230 Å². The van der Waals surface area contributed by atoms with Gasteiger partial charge in [0.25, 0.3) is 0 Å². The first kappa shape index (κ1) is 22.4. The lowest BCUT2D eigenvalue weighted by Gasteiger charge is -2.14. The minimum Gasteiger partial charge on any atom is -0.456 e. The van der Waals surface area contributed by atoms with Gasteiger partial charge in [0.05, 0.1) is 11.6 Å². The predicted molar refractivity (Wildman–Crippen MR) is 162 cm³/mol. The SMILES string of the molecule is N#Cc1cccc(-c2cc(-c3cccc4c3oc3ccccc34)ccc2-c2ccc3c(c2)oc2ccccc23)c1. The van der Waals surface area contributed by atoms with E-state index in [0.29, 0.717) is 5.56 Å². The average Bonchev–Trinajstić information content (AvgIpc) is 3.59. The third-order valence-corrected chi connectivity index (χ3v) is 7.73. The normalized spacial score (nSPS) is 11.5. The van der Waals surface area contributed by atoms with Crippen molar-refractivity contribution in [2.45, 2.75) is 0 Å². The molecule has 3 nitrogen and oxygen atoms in total. The predicted octanol–water partition coefficient (Wildman–Crippen LogP) is 10.4. The summed E-state index contributed by atoms with van der Waals surface area (Å²) in [6.45, 7) is 0. The molecule has 0 atom stereocenters. The largest absolute Gasteiger partial charge is 0.456 e. The van der Waals surface area contributed by atoms with Crippen LogP contribution in [0.15, 0.2) is 136 Å². The van der Waals surface area contributed by atoms with Crippen molar-refractivity contribution in [3.05, 3.63) is 133 Å². The molecule has 0 saturated heterocycles. The Morgan fingerprint density at radius 2 is 1.07 bits per heavy atom. The van der Waals surface area contributed by atoms with Crippen molar-refractivity contribution in [2.24, 2.45) is 0 Å². The molecule has 0 amide bonds. The van der Waals surface area contributed by atoms with Crippen molar-refractivity contribution >= 4 is 43.9 Å². The molecule has 0 aliphatic rings. The topological polar surface area (TPSA) is 50.1 Å². The van der Waals surface area contributed by atoms with E-state index in [1.54, 1.807) is 0 Å². The van der Waals surface area contributed by atoms with E-state index in [9.17, 15) is 5.26 Å². The monoisotopic (exact) mass is 511 g/mol. The summed E-state index contributed by atoms with van der Waals surface area (Å²) in [6.07, 6.45) is 0. The lowest BCUT2D eigenvalue weighted by Crippen LogP contribution is -1.89. The molecule has 0 aliphatic carbocycles. The minimum atomic E-state index is 0.626. The maximum Gasteiger partial charge on any atom is 0.143 e. The van der Waals surface area contributed by atoms with Crippen molar-refractivity contribution in [3.63, 3.8) is 0 Å². The Morgan fingerprint density at radius 1 is 0.425 bits per heavy atom. The van der Waals surface area contributed by atoms with Crippen LogP contribution in [0, 0.1) is 11.3 Å². The zero-order valence-corrected chi connectivity index (χ0v) is 21.4. The Balaban J connectivity index is 1.36. The summed E-state index contributed by atoms with van der Waals surface area (Å²) in [6, 6.07) is 45.6. The van der Waals surface area contributed by atoms with E-state index in [0.717, 1.165) is 77.3 Å². The molecule has 8 aromatic rings. The lowest BCUT2D eigenvalue weighted by atomic mass is 9.90. The van der Waals surface area contributed by atoms with Gasteiger partial charge in [-0.25, -0.2) is 0 Å². The first-order chi connectivity index (χ1) is 19.8. The van der Waals surface area contributed by atoms with Crippen LogP contribution in [0.3, 0.4) is 0 Å². The van der Waals surface area contributed by atoms with Gasteiger partial charge in [-0.05, 0) is 70.3 Å². The maximum atomic E-state index is 9.63. The molecule has 8 rings (SSSR count). The van der Waals surface area contributed by atoms with E-state index in [2.05, 4.69) is 78.9 Å². The third-order valence-electron chi connectivity index (χ3n) is 7.73. The molecule has 0 bridgehead atoms. The van der Waals surface area contributed by atoms with E-state index in [1.165, 1.54) is 0 Å². The van der Waals surface area contributed by atoms with Crippen LogP contribution in [0.25, 0.3) is 77.3 Å². The van der Waals surface area contributed by atoms with Crippen molar-refractivity contribution in [3.8, 4) is 39.4 Å². The molecule has 2 heterocycles. The number of nitrogens with zero attached hydrogens (tertiary/aromatic N) is 1. The van der Waals surface area contributed by atoms with E-state index in [4.69, 9.17) is 8.83 Å². The van der Waals surface area contributed by atoms with Crippen LogP contribution in [-0.4, -0.2) is 0 Å². The highest BCUT2D eigenvalue weighted by atomic mass is 16.3. The molecule has 186 valence electrons. The average molecular weight is 512 g/mol. The van der Waals surface area contributed by atoms with Crippen LogP contribution in [0.5, 0.6) is 0 Å². The van der Waals surface area contributed by atoms with Crippen LogP contribution < -0.4 is 0 Å². The number of fused-ring (bicyclic) bond motifs is 6. The second-order valence-electron chi connectivity index (χ2n) is 10.0. The first-order valence-electron chi connectivity index (χ1n) is 13.2. The molecular weight excluding hydrogens is 490 g/mol. The van der Waals surface area contributed by atoms with E-state index < -0.39 is 0 Å². The molecular formula is C37H21NO2. The number of rotatable bonds is 3. The minimum absolute atomic E-state index is 0.626. The fraction of sp³-hybridized carbons (Fsp3) is 0. The molecule has 0 N–H and O–H groups in total. The highest BCUT2D eigenvalue weighted by Gasteiger charge is 2.16. The molecule has 2 aromatic heterocycles. The van der Waals surface area contributed by atoms with E-state index in [-0.39, 0.29) is 0 Å². The Morgan fingerprint density at radius 3 is 1.93 bits per heavy atom. The van der Waals surface area contributed by atoms with Crippen molar-refractivity contribution < 1.29 is 8.83 Å². The van der Waals surface area contributed by atoms with Gasteiger partial charge >= 0.3 is 0 Å². The van der Waals surface area contributed by atoms with Gasteiger partial charge in [0.2, 0.25) is 0 Å². The van der Waals surface area contributed by atoms with Crippen molar-refractivity contribution in [1.29, 1.82) is 5.26 Å². The van der Waals surface area contributed by atoms with Crippen LogP contribution in [0.1, 0.15) is 5.56 Å². The van der Waals surface area contributed by atoms with E-state index >= 15 is 0 Å². The van der Waals surface area contributed by atoms with Gasteiger partial charge in [-0.2, -0.15) is 5.26 Å². The highest BCUT2D eigenvalue weighted by Crippen LogP contribution is 2.41. The fourth-order valence-electron chi connectivity index (χ4n) is 5.83. The standard InChI is InChI=1S/C37H21NO2/c38-22-23-7-5-8-24(19-23)33-20-25(28-11-6-12-32-30-10-2-4-14-35(30)40-37(28)32)15-17-27(33)26-16-18-31-29-9-1-3-13-34(29)39-36(31)21-26/h1-21H. The summed E-state index contributed by atoms with van der Waals surface area (Å²) in [5.41, 5.74) is 10.3. The molecule has 6 aromatic carbocycles. The maximum absolute atomic E-state index is 9.63. The van der Waals surface area contributed by atoms with Crippen molar-refractivity contribution in [2.75, 3.05) is 0 Å². The Bertz CT molecular complexity index is 2290. The number of benzene rings is 6. The number of para-hydroxylation sites is 3. The van der Waals surface area contributed by atoms with Crippen LogP contribution in [-0.2, 0) is 0 Å². The second kappa shape index (κ2) is 8.73. The zero-order valence-electron chi connectivity index (χ0n) is 21.4.